The van der Waals surface area contributed by atoms with Gasteiger partial charge in [-0.3, -0.25) is 4.98 Å². The van der Waals surface area contributed by atoms with Crippen LogP contribution in [-0.2, 0) is 4.79 Å². The summed E-state index contributed by atoms with van der Waals surface area (Å²) in [6, 6.07) is 17.3. The summed E-state index contributed by atoms with van der Waals surface area (Å²) in [5.41, 5.74) is 3.07. The van der Waals surface area contributed by atoms with Crippen LogP contribution in [0.1, 0.15) is 11.1 Å². The largest absolute Gasteiger partial charge is 0.482 e. The summed E-state index contributed by atoms with van der Waals surface area (Å²) in [6.45, 7) is -0.335. The van der Waals surface area contributed by atoms with Gasteiger partial charge in [0.05, 0.1) is 5.52 Å². The Balaban J connectivity index is 1.78. The fourth-order valence-electron chi connectivity index (χ4n) is 2.27. The molecule has 0 aliphatic carbocycles. The Labute approximate surface area is 133 Å². The second-order valence-electron chi connectivity index (χ2n) is 5.00. The number of aromatic nitrogens is 1. The molecule has 114 valence electrons. The molecule has 0 spiro atoms. The average molecular weight is 305 g/mol. The Kier molecular flexibility index (Phi) is 4.34. The molecule has 4 heteroatoms. The van der Waals surface area contributed by atoms with Crippen LogP contribution in [0, 0.1) is 0 Å². The zero-order chi connectivity index (χ0) is 16.1. The lowest BCUT2D eigenvalue weighted by molar-refractivity contribution is -0.139. The van der Waals surface area contributed by atoms with Gasteiger partial charge in [-0.05, 0) is 35.4 Å². The molecule has 0 fully saturated rings. The van der Waals surface area contributed by atoms with Crippen molar-refractivity contribution in [1.29, 1.82) is 0 Å². The number of pyridine rings is 1. The topological polar surface area (TPSA) is 59.4 Å². The van der Waals surface area contributed by atoms with Gasteiger partial charge < -0.3 is 9.84 Å². The highest BCUT2D eigenvalue weighted by molar-refractivity contribution is 5.90. The van der Waals surface area contributed by atoms with Crippen molar-refractivity contribution >= 4 is 29.0 Å². The Morgan fingerprint density at radius 3 is 2.61 bits per heavy atom. The van der Waals surface area contributed by atoms with E-state index in [0.717, 1.165) is 22.0 Å². The third-order valence-corrected chi connectivity index (χ3v) is 3.38. The fourth-order valence-corrected chi connectivity index (χ4v) is 2.27. The highest BCUT2D eigenvalue weighted by atomic mass is 16.5. The van der Waals surface area contributed by atoms with Crippen LogP contribution < -0.4 is 4.74 Å². The van der Waals surface area contributed by atoms with Crippen LogP contribution in [0.25, 0.3) is 23.1 Å². The maximum Gasteiger partial charge on any atom is 0.341 e. The van der Waals surface area contributed by atoms with E-state index >= 15 is 0 Å². The van der Waals surface area contributed by atoms with Crippen LogP contribution in [0.5, 0.6) is 5.75 Å². The lowest BCUT2D eigenvalue weighted by Gasteiger charge is -2.03. The molecule has 1 aromatic heterocycles. The molecule has 4 nitrogen and oxygen atoms in total. The van der Waals surface area contributed by atoms with Crippen molar-refractivity contribution in [3.63, 3.8) is 0 Å². The monoisotopic (exact) mass is 305 g/mol. The fraction of sp³-hybridized carbons (Fsp3) is 0.0526. The van der Waals surface area contributed by atoms with Gasteiger partial charge in [0.25, 0.3) is 0 Å². The van der Waals surface area contributed by atoms with Crippen LogP contribution in [0.3, 0.4) is 0 Å². The van der Waals surface area contributed by atoms with Gasteiger partial charge in [0.1, 0.15) is 5.75 Å². The Hall–Kier alpha value is -3.14. The lowest BCUT2D eigenvalue weighted by Crippen LogP contribution is -2.09. The lowest BCUT2D eigenvalue weighted by atomic mass is 10.1. The minimum absolute atomic E-state index is 0.335. The number of para-hydroxylation sites is 1. The molecule has 1 heterocycles. The maximum absolute atomic E-state index is 10.5. The molecule has 0 radical (unpaired) electrons. The molecule has 0 aliphatic heterocycles. The zero-order valence-electron chi connectivity index (χ0n) is 12.3. The van der Waals surface area contributed by atoms with Crippen LogP contribution >= 0.6 is 0 Å². The van der Waals surface area contributed by atoms with E-state index in [1.807, 2.05) is 54.6 Å². The van der Waals surface area contributed by atoms with Crippen molar-refractivity contribution in [1.82, 2.24) is 4.98 Å². The van der Waals surface area contributed by atoms with Crippen molar-refractivity contribution in [3.05, 3.63) is 71.9 Å². The van der Waals surface area contributed by atoms with Crippen LogP contribution in [0.2, 0.25) is 0 Å². The number of fused-ring (bicyclic) bond motifs is 1. The number of nitrogens with zero attached hydrogens (tertiary/aromatic N) is 1. The van der Waals surface area contributed by atoms with Gasteiger partial charge in [-0.15, -0.1) is 0 Å². The minimum Gasteiger partial charge on any atom is -0.482 e. The van der Waals surface area contributed by atoms with Gasteiger partial charge in [-0.1, -0.05) is 42.5 Å². The number of rotatable bonds is 5. The number of carboxylic acids is 1. The quantitative estimate of drug-likeness (QED) is 0.777. The van der Waals surface area contributed by atoms with E-state index in [4.69, 9.17) is 9.84 Å². The Bertz CT molecular complexity index is 849. The number of hydrogen-bond acceptors (Lipinski definition) is 3. The number of carbonyl (C=O) groups is 1. The van der Waals surface area contributed by atoms with Crippen molar-refractivity contribution in [3.8, 4) is 5.75 Å². The van der Waals surface area contributed by atoms with Crippen LogP contribution in [-0.4, -0.2) is 22.7 Å². The SMILES string of the molecule is O=C(O)COc1ccc(/C=C/c2ccnc3ccccc23)cc1. The van der Waals surface area contributed by atoms with Crippen molar-refractivity contribution in [2.75, 3.05) is 6.61 Å². The highest BCUT2D eigenvalue weighted by Gasteiger charge is 2.00. The second kappa shape index (κ2) is 6.75. The number of carboxylic acid groups (broad SMARTS) is 1. The normalized spacial score (nSPS) is 11.0. The molecule has 0 unspecified atom stereocenters. The molecule has 0 saturated carbocycles. The van der Waals surface area contributed by atoms with Gasteiger partial charge in [0, 0.05) is 11.6 Å². The molecule has 0 bridgehead atoms. The molecule has 0 saturated heterocycles. The molecule has 0 amide bonds. The van der Waals surface area contributed by atoms with E-state index in [9.17, 15) is 4.79 Å². The first-order valence-electron chi connectivity index (χ1n) is 7.19. The zero-order valence-corrected chi connectivity index (χ0v) is 12.3. The van der Waals surface area contributed by atoms with E-state index in [-0.39, 0.29) is 6.61 Å². The first-order valence-corrected chi connectivity index (χ1v) is 7.19. The molecule has 23 heavy (non-hydrogen) atoms. The van der Waals surface area contributed by atoms with Gasteiger partial charge in [0.15, 0.2) is 6.61 Å². The first-order chi connectivity index (χ1) is 11.2. The van der Waals surface area contributed by atoms with E-state index in [2.05, 4.69) is 4.98 Å². The van der Waals surface area contributed by atoms with Gasteiger partial charge in [0.2, 0.25) is 0 Å². The Morgan fingerprint density at radius 2 is 1.83 bits per heavy atom. The summed E-state index contributed by atoms with van der Waals surface area (Å²) in [6.07, 6.45) is 5.84. The van der Waals surface area contributed by atoms with E-state index < -0.39 is 5.97 Å². The van der Waals surface area contributed by atoms with Gasteiger partial charge in [-0.25, -0.2) is 4.79 Å². The van der Waals surface area contributed by atoms with Gasteiger partial charge in [-0.2, -0.15) is 0 Å². The van der Waals surface area contributed by atoms with E-state index in [0.29, 0.717) is 5.75 Å². The smallest absolute Gasteiger partial charge is 0.341 e. The summed E-state index contributed by atoms with van der Waals surface area (Å²) in [5.74, 6) is -0.447. The summed E-state index contributed by atoms with van der Waals surface area (Å²) < 4.78 is 5.11. The van der Waals surface area contributed by atoms with Crippen LogP contribution in [0.15, 0.2) is 60.8 Å². The predicted molar refractivity (Wildman–Crippen MR) is 90.2 cm³/mol. The summed E-state index contributed by atoms with van der Waals surface area (Å²) in [4.78, 5) is 14.8. The molecule has 3 rings (SSSR count). The first kappa shape index (κ1) is 14.8. The molecular weight excluding hydrogens is 290 g/mol. The minimum atomic E-state index is -0.987. The number of hydrogen-bond donors (Lipinski definition) is 1. The third-order valence-electron chi connectivity index (χ3n) is 3.38. The molecule has 0 atom stereocenters. The molecule has 2 aromatic carbocycles. The van der Waals surface area contributed by atoms with Gasteiger partial charge >= 0.3 is 5.97 Å². The standard InChI is InChI=1S/C19H15NO3/c21-19(22)13-23-16-9-6-14(7-10-16)5-8-15-11-12-20-18-4-2-1-3-17(15)18/h1-12H,13H2,(H,21,22)/b8-5+. The third kappa shape index (κ3) is 3.74. The van der Waals surface area contributed by atoms with Crippen molar-refractivity contribution in [2.24, 2.45) is 0 Å². The number of aliphatic carboxylic acids is 1. The maximum atomic E-state index is 10.5. The molecule has 1 N–H and O–H groups in total. The molecule has 0 aliphatic rings. The van der Waals surface area contributed by atoms with Crippen molar-refractivity contribution < 1.29 is 14.6 Å². The Morgan fingerprint density at radius 1 is 1.04 bits per heavy atom. The highest BCUT2D eigenvalue weighted by Crippen LogP contribution is 2.19. The summed E-state index contributed by atoms with van der Waals surface area (Å²) in [7, 11) is 0. The van der Waals surface area contributed by atoms with Crippen LogP contribution in [0.4, 0.5) is 0 Å². The molecule has 3 aromatic rings. The number of benzene rings is 2. The van der Waals surface area contributed by atoms with E-state index in [1.165, 1.54) is 0 Å². The number of ether oxygens (including phenoxy) is 1. The predicted octanol–water partition coefficient (Wildman–Crippen LogP) is 3.87. The molecular formula is C19H15NO3. The summed E-state index contributed by atoms with van der Waals surface area (Å²) >= 11 is 0. The van der Waals surface area contributed by atoms with E-state index in [1.54, 1.807) is 18.3 Å². The summed E-state index contributed by atoms with van der Waals surface area (Å²) in [5, 5.41) is 9.69. The van der Waals surface area contributed by atoms with Crippen molar-refractivity contribution in [2.45, 2.75) is 0 Å². The average Bonchev–Trinajstić information content (AvgIpc) is 2.59. The second-order valence-corrected chi connectivity index (χ2v) is 5.00.